The molecule has 0 radical (unpaired) electrons. The predicted molar refractivity (Wildman–Crippen MR) is 226 cm³/mol. The molecule has 57 heavy (non-hydrogen) atoms. The molecule has 284 valence electrons. The Hall–Kier alpha value is -5.77. The van der Waals surface area contributed by atoms with Crippen molar-refractivity contribution in [1.82, 2.24) is 18.5 Å². The van der Waals surface area contributed by atoms with Crippen molar-refractivity contribution in [3.05, 3.63) is 183 Å². The molecule has 9 aromatic rings. The molecule has 0 N–H and O–H groups in total. The molecule has 6 heteroatoms. The second-order valence-electron chi connectivity index (χ2n) is 16.3. The van der Waals surface area contributed by atoms with Gasteiger partial charge >= 0.3 is 274 Å². The number of benzene rings is 5. The number of pyridine rings is 2. The van der Waals surface area contributed by atoms with Crippen LogP contribution in [-0.2, 0) is 50.5 Å². The first-order valence-corrected chi connectivity index (χ1v) is 20.8. The summed E-state index contributed by atoms with van der Waals surface area (Å²) in [5, 5.41) is 2.24. The first-order chi connectivity index (χ1) is 27.7. The summed E-state index contributed by atoms with van der Waals surface area (Å²) in [6, 6.07) is 50.7. The molecule has 4 aliphatic rings. The van der Waals surface area contributed by atoms with Crippen LogP contribution in [0.4, 0.5) is 0 Å². The van der Waals surface area contributed by atoms with Gasteiger partial charge in [0.15, 0.2) is 0 Å². The van der Waals surface area contributed by atoms with Crippen LogP contribution in [0, 0.1) is 22.9 Å². The van der Waals surface area contributed by atoms with E-state index >= 15 is 0 Å². The molecule has 5 aromatic carbocycles. The van der Waals surface area contributed by atoms with Gasteiger partial charge in [0.05, 0.1) is 0 Å². The van der Waals surface area contributed by atoms with Crippen molar-refractivity contribution in [3.8, 4) is 34.1 Å². The Balaban J connectivity index is 1.03. The van der Waals surface area contributed by atoms with Crippen LogP contribution in [0.5, 0.6) is 11.5 Å². The Kier molecular flexibility index (Phi) is 8.75. The Bertz CT molecular complexity index is 3070. The van der Waals surface area contributed by atoms with Gasteiger partial charge in [0.25, 0.3) is 0 Å². The fraction of sp³-hybridized carbons (Fsp3) is 0.176. The van der Waals surface area contributed by atoms with Crippen molar-refractivity contribution < 1.29 is 24.1 Å². The molecule has 0 saturated heterocycles. The summed E-state index contributed by atoms with van der Waals surface area (Å²) in [5.74, 6) is 2.10. The summed E-state index contributed by atoms with van der Waals surface area (Å²) in [6.07, 6.45) is 8.08. The topological polar surface area (TPSA) is 36.4 Å². The fourth-order valence-corrected chi connectivity index (χ4v) is 9.53. The molecule has 0 fully saturated rings. The van der Waals surface area contributed by atoms with Gasteiger partial charge in [-0.25, -0.2) is 0 Å². The molecule has 2 aliphatic carbocycles. The van der Waals surface area contributed by atoms with Crippen LogP contribution in [0.25, 0.3) is 50.0 Å². The molecule has 13 rings (SSSR count). The van der Waals surface area contributed by atoms with Crippen LogP contribution in [0.15, 0.2) is 134 Å². The fourth-order valence-electron chi connectivity index (χ4n) is 8.51. The van der Waals surface area contributed by atoms with E-state index in [1.165, 1.54) is 44.6 Å². The van der Waals surface area contributed by atoms with E-state index in [0.29, 0.717) is 11.5 Å². The zero-order valence-electron chi connectivity index (χ0n) is 32.5. The summed E-state index contributed by atoms with van der Waals surface area (Å²) in [5.41, 5.74) is 14.8. The summed E-state index contributed by atoms with van der Waals surface area (Å²) >= 11 is 2.48. The quantitative estimate of drug-likeness (QED) is 0.161. The first kappa shape index (κ1) is 35.6. The number of hydrogen-bond donors (Lipinski definition) is 0. The molecule has 0 amide bonds. The molecule has 5 nitrogen and oxygen atoms in total. The number of aryl methyl sites for hydroxylation is 5. The van der Waals surface area contributed by atoms with Gasteiger partial charge in [0.2, 0.25) is 0 Å². The van der Waals surface area contributed by atoms with Crippen LogP contribution < -0.4 is 4.74 Å². The van der Waals surface area contributed by atoms with Crippen molar-refractivity contribution in [2.24, 2.45) is 0 Å². The number of nitrogens with zero attached hydrogens (tertiary/aromatic N) is 4. The molecule has 4 bridgehead atoms. The summed E-state index contributed by atoms with van der Waals surface area (Å²) in [4.78, 5) is 4.80. The summed E-state index contributed by atoms with van der Waals surface area (Å²) in [6.45, 7) is 9.10. The third-order valence-corrected chi connectivity index (χ3v) is 12.4. The number of aromatic nitrogens is 4. The van der Waals surface area contributed by atoms with Gasteiger partial charge in [-0.05, 0) is 29.7 Å². The van der Waals surface area contributed by atoms with E-state index in [-0.39, 0.29) is 5.41 Å². The SMILES string of the molecule is Cc1ccnc(-n2c3[c-]c(Oc4[c-]c(-n5cc6c7ccc(n6[c]5=[Pt])CCc5ccc(c(C(C)(C)C)c5)CC7)ccc4)ccc3c3cc(-c4ccccc4)ccc32)c1. The van der Waals surface area contributed by atoms with E-state index in [4.69, 9.17) is 9.72 Å². The van der Waals surface area contributed by atoms with E-state index in [9.17, 15) is 0 Å². The van der Waals surface area contributed by atoms with Gasteiger partial charge in [0.1, 0.15) is 0 Å². The van der Waals surface area contributed by atoms with Crippen molar-refractivity contribution in [3.63, 3.8) is 0 Å². The van der Waals surface area contributed by atoms with Crippen LogP contribution in [0.1, 0.15) is 54.3 Å². The van der Waals surface area contributed by atoms with Gasteiger partial charge in [-0.2, -0.15) is 0 Å². The Morgan fingerprint density at radius 1 is 0.684 bits per heavy atom. The monoisotopic (exact) mass is 921 g/mol. The molecule has 0 unspecified atom stereocenters. The van der Waals surface area contributed by atoms with Crippen LogP contribution in [0.3, 0.4) is 0 Å². The molecule has 0 atom stereocenters. The van der Waals surface area contributed by atoms with E-state index in [1.54, 1.807) is 0 Å². The van der Waals surface area contributed by atoms with Gasteiger partial charge in [-0.3, -0.25) is 0 Å². The van der Waals surface area contributed by atoms with Gasteiger partial charge in [-0.15, -0.1) is 0 Å². The van der Waals surface area contributed by atoms with Crippen molar-refractivity contribution in [2.45, 2.75) is 58.8 Å². The van der Waals surface area contributed by atoms with E-state index in [2.05, 4.69) is 176 Å². The Labute approximate surface area is 344 Å². The van der Waals surface area contributed by atoms with E-state index in [0.717, 1.165) is 68.4 Å². The molecule has 4 aromatic heterocycles. The normalized spacial score (nSPS) is 13.1. The molecule has 0 spiro atoms. The van der Waals surface area contributed by atoms with Gasteiger partial charge in [0, 0.05) is 6.20 Å². The second-order valence-corrected chi connectivity index (χ2v) is 17.3. The molecule has 6 heterocycles. The third kappa shape index (κ3) is 6.48. The van der Waals surface area contributed by atoms with Crippen LogP contribution in [0.2, 0.25) is 0 Å². The number of rotatable bonds is 5. The Morgan fingerprint density at radius 2 is 1.51 bits per heavy atom. The molecule has 0 saturated carbocycles. The maximum atomic E-state index is 6.61. The number of ether oxygens (including phenoxy) is 1. The molecular weight excluding hydrogens is 880 g/mol. The van der Waals surface area contributed by atoms with Crippen molar-refractivity contribution in [2.75, 3.05) is 0 Å². The maximum absolute atomic E-state index is 6.61. The average Bonchev–Trinajstić information content (AvgIpc) is 3.73. The second kappa shape index (κ2) is 14.0. The Morgan fingerprint density at radius 3 is 2.35 bits per heavy atom. The van der Waals surface area contributed by atoms with E-state index in [1.807, 2.05) is 30.5 Å². The van der Waals surface area contributed by atoms with Gasteiger partial charge in [-0.1, -0.05) is 36.4 Å². The average molecular weight is 922 g/mol. The van der Waals surface area contributed by atoms with Crippen molar-refractivity contribution >= 4 is 27.3 Å². The third-order valence-electron chi connectivity index (χ3n) is 11.4. The number of hydrogen-bond acceptors (Lipinski definition) is 2. The number of imidazole rings is 1. The van der Waals surface area contributed by atoms with Gasteiger partial charge < -0.3 is 0 Å². The minimum absolute atomic E-state index is 0.108. The zero-order valence-corrected chi connectivity index (χ0v) is 34.8. The predicted octanol–water partition coefficient (Wildman–Crippen LogP) is 11.9. The number of fused-ring (bicyclic) bond motifs is 3. The van der Waals surface area contributed by atoms with E-state index < -0.39 is 0 Å². The summed E-state index contributed by atoms with van der Waals surface area (Å²) in [7, 11) is 0. The van der Waals surface area contributed by atoms with Crippen molar-refractivity contribution in [1.29, 1.82) is 0 Å². The molecular formula is C51H42N4OPt-2. The standard InChI is InChI=1S/C51H42N4O.Pt/c1-34-25-26-52-50(27-34)55-47-24-19-39(36-9-6-5-7-10-36)29-45(47)44-23-22-43(31-48(44)55)56-42-12-8-11-41(30-42)53-32-49-38-17-16-37-15-13-35(28-46(37)51(2,3)4)14-20-40(21-18-38)54(49)33-53;/h5-13,15,18-19,21-29,32H,14,16-17,20H2,1-4H3;/q-2;. The summed E-state index contributed by atoms with van der Waals surface area (Å²) < 4.78 is 14.6. The zero-order chi connectivity index (χ0) is 38.8. The molecule has 2 aliphatic heterocycles. The minimum atomic E-state index is 0.108. The van der Waals surface area contributed by atoms with Crippen LogP contribution in [-0.4, -0.2) is 18.5 Å². The first-order valence-electron chi connectivity index (χ1n) is 19.7. The van der Waals surface area contributed by atoms with Crippen LogP contribution >= 0.6 is 0 Å².